The summed E-state index contributed by atoms with van der Waals surface area (Å²) in [6, 6.07) is 13.9. The third-order valence-corrected chi connectivity index (χ3v) is 5.75. The molecule has 3 aromatic rings. The molecular weight excluding hydrogens is 349 g/mol. The highest BCUT2D eigenvalue weighted by Gasteiger charge is 2.26. The Bertz CT molecular complexity index is 978. The first-order valence-electron chi connectivity index (χ1n) is 8.51. The van der Waals surface area contributed by atoms with E-state index in [1.54, 1.807) is 17.0 Å². The maximum atomic E-state index is 13.2. The zero-order chi connectivity index (χ0) is 18.3. The molecule has 0 saturated carbocycles. The number of carbonyl (C=O) groups is 1. The van der Waals surface area contributed by atoms with Crippen molar-refractivity contribution in [1.82, 2.24) is 0 Å². The van der Waals surface area contributed by atoms with Gasteiger partial charge in [0.05, 0.1) is 4.88 Å². The van der Waals surface area contributed by atoms with Gasteiger partial charge < -0.3 is 9.64 Å². The lowest BCUT2D eigenvalue weighted by Gasteiger charge is -2.20. The molecular formula is C21H18FNO2S. The van der Waals surface area contributed by atoms with Crippen LogP contribution in [0.15, 0.2) is 48.5 Å². The molecule has 1 amide bonds. The summed E-state index contributed by atoms with van der Waals surface area (Å²) in [5.41, 5.74) is 3.94. The summed E-state index contributed by atoms with van der Waals surface area (Å²) >= 11 is 1.50. The average molecular weight is 367 g/mol. The zero-order valence-corrected chi connectivity index (χ0v) is 15.4. The molecule has 0 atom stereocenters. The molecule has 3 nitrogen and oxygen atoms in total. The van der Waals surface area contributed by atoms with Gasteiger partial charge in [-0.3, -0.25) is 4.79 Å². The number of amides is 1. The first-order chi connectivity index (χ1) is 12.6. The number of thiophene rings is 1. The second-order valence-electron chi connectivity index (χ2n) is 6.23. The zero-order valence-electron chi connectivity index (χ0n) is 14.6. The molecule has 0 fully saturated rings. The van der Waals surface area contributed by atoms with Crippen molar-refractivity contribution in [2.75, 3.05) is 11.4 Å². The summed E-state index contributed by atoms with van der Waals surface area (Å²) in [6.45, 7) is 4.95. The highest BCUT2D eigenvalue weighted by atomic mass is 32.1. The van der Waals surface area contributed by atoms with E-state index in [9.17, 15) is 9.18 Å². The molecule has 0 radical (unpaired) electrons. The Balaban J connectivity index is 1.72. The number of fused-ring (bicyclic) bond motifs is 3. The van der Waals surface area contributed by atoms with E-state index in [1.807, 2.05) is 25.1 Å². The Labute approximate surface area is 155 Å². The fourth-order valence-corrected chi connectivity index (χ4v) is 4.49. The Morgan fingerprint density at radius 1 is 1.23 bits per heavy atom. The Morgan fingerprint density at radius 3 is 2.73 bits per heavy atom. The number of ether oxygens (including phenoxy) is 1. The van der Waals surface area contributed by atoms with Crippen molar-refractivity contribution >= 4 is 22.9 Å². The SMILES string of the molecule is CCN(C(=O)c1cc2c(s1)-c1c(C)cccc1OC2)c1ccc(F)cc1. The van der Waals surface area contributed by atoms with E-state index < -0.39 is 0 Å². The summed E-state index contributed by atoms with van der Waals surface area (Å²) in [6.07, 6.45) is 0. The number of benzene rings is 2. The van der Waals surface area contributed by atoms with E-state index in [1.165, 1.54) is 23.5 Å². The van der Waals surface area contributed by atoms with Crippen molar-refractivity contribution < 1.29 is 13.9 Å². The van der Waals surface area contributed by atoms with Gasteiger partial charge in [0, 0.05) is 28.2 Å². The Morgan fingerprint density at radius 2 is 2.00 bits per heavy atom. The molecule has 132 valence electrons. The first kappa shape index (κ1) is 16.8. The minimum absolute atomic E-state index is 0.0753. The Kier molecular flexibility index (Phi) is 4.24. The summed E-state index contributed by atoms with van der Waals surface area (Å²) in [5, 5.41) is 0. The summed E-state index contributed by atoms with van der Waals surface area (Å²) < 4.78 is 19.0. The van der Waals surface area contributed by atoms with Crippen LogP contribution >= 0.6 is 11.3 Å². The maximum absolute atomic E-state index is 13.2. The molecule has 0 N–H and O–H groups in total. The summed E-state index contributed by atoms with van der Waals surface area (Å²) in [7, 11) is 0. The van der Waals surface area contributed by atoms with Gasteiger partial charge in [-0.15, -0.1) is 11.3 Å². The lowest BCUT2D eigenvalue weighted by Crippen LogP contribution is -2.29. The smallest absolute Gasteiger partial charge is 0.268 e. The van der Waals surface area contributed by atoms with Gasteiger partial charge in [-0.05, 0) is 55.8 Å². The minimum atomic E-state index is -0.312. The van der Waals surface area contributed by atoms with Gasteiger partial charge in [-0.1, -0.05) is 12.1 Å². The van der Waals surface area contributed by atoms with E-state index in [4.69, 9.17) is 4.74 Å². The lowest BCUT2D eigenvalue weighted by atomic mass is 10.0. The van der Waals surface area contributed by atoms with Crippen LogP contribution < -0.4 is 9.64 Å². The predicted molar refractivity (Wildman–Crippen MR) is 103 cm³/mol. The van der Waals surface area contributed by atoms with Crippen molar-refractivity contribution in [3.05, 3.63) is 70.4 Å². The first-order valence-corrected chi connectivity index (χ1v) is 9.33. The van der Waals surface area contributed by atoms with E-state index in [0.717, 1.165) is 27.3 Å². The number of nitrogens with zero attached hydrogens (tertiary/aromatic N) is 1. The normalized spacial score (nSPS) is 12.1. The summed E-state index contributed by atoms with van der Waals surface area (Å²) in [4.78, 5) is 16.5. The molecule has 0 saturated heterocycles. The number of aryl methyl sites for hydroxylation is 1. The van der Waals surface area contributed by atoms with Crippen molar-refractivity contribution in [1.29, 1.82) is 0 Å². The van der Waals surface area contributed by atoms with Crippen LogP contribution in [0.5, 0.6) is 5.75 Å². The quantitative estimate of drug-likeness (QED) is 0.618. The maximum Gasteiger partial charge on any atom is 0.268 e. The molecule has 2 aromatic carbocycles. The fourth-order valence-electron chi connectivity index (χ4n) is 3.26. The van der Waals surface area contributed by atoms with E-state index in [0.29, 0.717) is 23.7 Å². The molecule has 4 rings (SSSR count). The van der Waals surface area contributed by atoms with Crippen LogP contribution in [0, 0.1) is 12.7 Å². The highest BCUT2D eigenvalue weighted by molar-refractivity contribution is 7.17. The van der Waals surface area contributed by atoms with E-state index in [2.05, 4.69) is 13.0 Å². The largest absolute Gasteiger partial charge is 0.488 e. The number of anilines is 1. The lowest BCUT2D eigenvalue weighted by molar-refractivity contribution is 0.0992. The topological polar surface area (TPSA) is 29.5 Å². The van der Waals surface area contributed by atoms with Crippen LogP contribution in [0.25, 0.3) is 10.4 Å². The van der Waals surface area contributed by atoms with Gasteiger partial charge in [-0.2, -0.15) is 0 Å². The van der Waals surface area contributed by atoms with Gasteiger partial charge in [0.1, 0.15) is 18.2 Å². The highest BCUT2D eigenvalue weighted by Crippen LogP contribution is 2.44. The van der Waals surface area contributed by atoms with Gasteiger partial charge in [-0.25, -0.2) is 4.39 Å². The van der Waals surface area contributed by atoms with Crippen LogP contribution in [0.3, 0.4) is 0 Å². The molecule has 0 aliphatic carbocycles. The molecule has 1 aliphatic rings. The third-order valence-electron chi connectivity index (χ3n) is 4.56. The van der Waals surface area contributed by atoms with E-state index >= 15 is 0 Å². The van der Waals surface area contributed by atoms with Gasteiger partial charge in [0.25, 0.3) is 5.91 Å². The Hall–Kier alpha value is -2.66. The standard InChI is InChI=1S/C21H18FNO2S/c1-3-23(16-9-7-15(22)8-10-16)21(24)18-11-14-12-25-17-6-4-5-13(2)19(17)20(14)26-18/h4-11H,3,12H2,1-2H3. The molecule has 5 heteroatoms. The average Bonchev–Trinajstić information content (AvgIpc) is 3.08. The predicted octanol–water partition coefficient (Wildman–Crippen LogP) is 5.42. The number of carbonyl (C=O) groups excluding carboxylic acids is 1. The van der Waals surface area contributed by atoms with Crippen LogP contribution in [-0.2, 0) is 6.61 Å². The van der Waals surface area contributed by atoms with Gasteiger partial charge >= 0.3 is 0 Å². The van der Waals surface area contributed by atoms with Crippen molar-refractivity contribution in [2.24, 2.45) is 0 Å². The number of hydrogen-bond donors (Lipinski definition) is 0. The molecule has 1 aromatic heterocycles. The molecule has 1 aliphatic heterocycles. The molecule has 0 unspecified atom stereocenters. The molecule has 0 spiro atoms. The minimum Gasteiger partial charge on any atom is -0.488 e. The van der Waals surface area contributed by atoms with Crippen LogP contribution in [0.4, 0.5) is 10.1 Å². The van der Waals surface area contributed by atoms with E-state index in [-0.39, 0.29) is 11.7 Å². The van der Waals surface area contributed by atoms with Crippen molar-refractivity contribution in [3.8, 4) is 16.2 Å². The van der Waals surface area contributed by atoms with Crippen molar-refractivity contribution in [2.45, 2.75) is 20.5 Å². The van der Waals surface area contributed by atoms with Crippen molar-refractivity contribution in [3.63, 3.8) is 0 Å². The second kappa shape index (κ2) is 6.57. The second-order valence-corrected chi connectivity index (χ2v) is 7.28. The fraction of sp³-hybridized carbons (Fsp3) is 0.190. The number of hydrogen-bond acceptors (Lipinski definition) is 3. The number of rotatable bonds is 3. The van der Waals surface area contributed by atoms with Crippen LogP contribution in [-0.4, -0.2) is 12.5 Å². The van der Waals surface area contributed by atoms with Gasteiger partial charge in [0.2, 0.25) is 0 Å². The van der Waals surface area contributed by atoms with Gasteiger partial charge in [0.15, 0.2) is 0 Å². The third kappa shape index (κ3) is 2.78. The molecule has 26 heavy (non-hydrogen) atoms. The summed E-state index contributed by atoms with van der Waals surface area (Å²) in [5.74, 6) is 0.478. The van der Waals surface area contributed by atoms with Crippen LogP contribution in [0.2, 0.25) is 0 Å². The molecule has 0 bridgehead atoms. The molecule has 2 heterocycles. The number of halogens is 1. The van der Waals surface area contributed by atoms with Crippen LogP contribution in [0.1, 0.15) is 27.7 Å². The monoisotopic (exact) mass is 367 g/mol.